The number of ether oxygens (including phenoxy) is 2. The standard InChI is InChI=1S/C16H18BrNO2S/c1-19-12-4-7-16(15(17)8-12)20-10-14-6-5-13(21-14)9-18-11-2-3-11/h4-8,11,18H,2-3,9-10H2,1H3. The number of nitrogens with one attached hydrogen (secondary N) is 1. The lowest BCUT2D eigenvalue weighted by atomic mass is 10.3. The summed E-state index contributed by atoms with van der Waals surface area (Å²) in [7, 11) is 1.66. The topological polar surface area (TPSA) is 30.5 Å². The summed E-state index contributed by atoms with van der Waals surface area (Å²) in [6, 6.07) is 10.8. The molecule has 1 aliphatic carbocycles. The molecule has 112 valence electrons. The van der Waals surface area contributed by atoms with Gasteiger partial charge in [-0.1, -0.05) is 0 Å². The summed E-state index contributed by atoms with van der Waals surface area (Å²) in [6.45, 7) is 1.57. The van der Waals surface area contributed by atoms with Crippen LogP contribution >= 0.6 is 27.3 Å². The van der Waals surface area contributed by atoms with Gasteiger partial charge < -0.3 is 14.8 Å². The Bertz CT molecular complexity index is 610. The van der Waals surface area contributed by atoms with Crippen LogP contribution in [0.3, 0.4) is 0 Å². The summed E-state index contributed by atoms with van der Waals surface area (Å²) in [5.41, 5.74) is 0. The Morgan fingerprint density at radius 1 is 1.24 bits per heavy atom. The van der Waals surface area contributed by atoms with E-state index in [9.17, 15) is 0 Å². The predicted octanol–water partition coefficient (Wildman–Crippen LogP) is 4.35. The summed E-state index contributed by atoms with van der Waals surface area (Å²) < 4.78 is 11.9. The molecule has 1 aromatic heterocycles. The highest BCUT2D eigenvalue weighted by Gasteiger charge is 2.20. The first kappa shape index (κ1) is 14.9. The third-order valence-corrected chi connectivity index (χ3v) is 5.05. The Labute approximate surface area is 137 Å². The maximum absolute atomic E-state index is 5.86. The van der Waals surface area contributed by atoms with Crippen molar-refractivity contribution in [3.05, 3.63) is 44.6 Å². The minimum absolute atomic E-state index is 0.596. The second-order valence-corrected chi connectivity index (χ2v) is 7.22. The van der Waals surface area contributed by atoms with E-state index in [0.29, 0.717) is 6.61 Å². The second-order valence-electron chi connectivity index (χ2n) is 5.11. The molecule has 3 nitrogen and oxygen atoms in total. The molecule has 0 atom stereocenters. The smallest absolute Gasteiger partial charge is 0.134 e. The van der Waals surface area contributed by atoms with E-state index in [0.717, 1.165) is 28.6 Å². The van der Waals surface area contributed by atoms with Gasteiger partial charge in [0.1, 0.15) is 18.1 Å². The molecule has 0 saturated heterocycles. The molecule has 2 aromatic rings. The van der Waals surface area contributed by atoms with Crippen molar-refractivity contribution in [1.29, 1.82) is 0 Å². The molecule has 21 heavy (non-hydrogen) atoms. The zero-order chi connectivity index (χ0) is 14.7. The number of hydrogen-bond acceptors (Lipinski definition) is 4. The van der Waals surface area contributed by atoms with Gasteiger partial charge in [0.15, 0.2) is 0 Å². The van der Waals surface area contributed by atoms with Gasteiger partial charge in [0.05, 0.1) is 11.6 Å². The minimum atomic E-state index is 0.596. The van der Waals surface area contributed by atoms with Crippen molar-refractivity contribution in [3.63, 3.8) is 0 Å². The number of rotatable bonds is 7. The normalized spacial score (nSPS) is 14.2. The number of methoxy groups -OCH3 is 1. The summed E-state index contributed by atoms with van der Waals surface area (Å²) in [5, 5.41) is 3.53. The van der Waals surface area contributed by atoms with Crippen LogP contribution in [0.5, 0.6) is 11.5 Å². The second kappa shape index (κ2) is 6.81. The van der Waals surface area contributed by atoms with Crippen LogP contribution in [0, 0.1) is 0 Å². The van der Waals surface area contributed by atoms with Crippen molar-refractivity contribution >= 4 is 27.3 Å². The van der Waals surface area contributed by atoms with Gasteiger partial charge in [-0.2, -0.15) is 0 Å². The molecule has 0 unspecified atom stereocenters. The van der Waals surface area contributed by atoms with Crippen LogP contribution in [0.25, 0.3) is 0 Å². The monoisotopic (exact) mass is 367 g/mol. The first-order valence-electron chi connectivity index (χ1n) is 7.02. The lowest BCUT2D eigenvalue weighted by Crippen LogP contribution is -2.14. The van der Waals surface area contributed by atoms with Crippen LogP contribution in [-0.2, 0) is 13.2 Å². The maximum atomic E-state index is 5.86. The van der Waals surface area contributed by atoms with Gasteiger partial charge in [0.25, 0.3) is 0 Å². The number of hydrogen-bond donors (Lipinski definition) is 1. The van der Waals surface area contributed by atoms with Gasteiger partial charge in [-0.15, -0.1) is 11.3 Å². The van der Waals surface area contributed by atoms with Gasteiger partial charge in [0, 0.05) is 22.3 Å². The van der Waals surface area contributed by atoms with E-state index in [1.54, 1.807) is 7.11 Å². The molecule has 1 aliphatic rings. The summed E-state index contributed by atoms with van der Waals surface area (Å²) >= 11 is 5.31. The van der Waals surface area contributed by atoms with Gasteiger partial charge >= 0.3 is 0 Å². The van der Waals surface area contributed by atoms with E-state index in [-0.39, 0.29) is 0 Å². The number of halogens is 1. The highest BCUT2D eigenvalue weighted by molar-refractivity contribution is 9.10. The Morgan fingerprint density at radius 2 is 2.05 bits per heavy atom. The van der Waals surface area contributed by atoms with E-state index < -0.39 is 0 Å². The molecule has 1 N–H and O–H groups in total. The fourth-order valence-electron chi connectivity index (χ4n) is 2.00. The third-order valence-electron chi connectivity index (χ3n) is 3.37. The maximum Gasteiger partial charge on any atom is 0.134 e. The van der Waals surface area contributed by atoms with E-state index in [4.69, 9.17) is 9.47 Å². The van der Waals surface area contributed by atoms with Crippen molar-refractivity contribution in [2.45, 2.75) is 32.0 Å². The molecule has 1 saturated carbocycles. The van der Waals surface area contributed by atoms with Crippen LogP contribution in [0.2, 0.25) is 0 Å². The average molecular weight is 368 g/mol. The Balaban J connectivity index is 1.54. The van der Waals surface area contributed by atoms with E-state index in [1.807, 2.05) is 29.5 Å². The zero-order valence-electron chi connectivity index (χ0n) is 11.9. The van der Waals surface area contributed by atoms with Crippen LogP contribution in [0.15, 0.2) is 34.8 Å². The van der Waals surface area contributed by atoms with Crippen LogP contribution in [-0.4, -0.2) is 13.2 Å². The highest BCUT2D eigenvalue weighted by atomic mass is 79.9. The van der Waals surface area contributed by atoms with Gasteiger partial charge in [-0.3, -0.25) is 0 Å². The fourth-order valence-corrected chi connectivity index (χ4v) is 3.36. The van der Waals surface area contributed by atoms with Crippen molar-refractivity contribution in [2.24, 2.45) is 0 Å². The van der Waals surface area contributed by atoms with Gasteiger partial charge in [-0.25, -0.2) is 0 Å². The number of thiophene rings is 1. The van der Waals surface area contributed by atoms with Crippen molar-refractivity contribution < 1.29 is 9.47 Å². The first-order valence-corrected chi connectivity index (χ1v) is 8.63. The van der Waals surface area contributed by atoms with E-state index >= 15 is 0 Å². The third kappa shape index (κ3) is 4.22. The molecule has 0 aliphatic heterocycles. The van der Waals surface area contributed by atoms with Crippen LogP contribution < -0.4 is 14.8 Å². The Kier molecular flexibility index (Phi) is 4.83. The Morgan fingerprint density at radius 3 is 2.76 bits per heavy atom. The number of benzene rings is 1. The lowest BCUT2D eigenvalue weighted by molar-refractivity contribution is 0.307. The fraction of sp³-hybridized carbons (Fsp3) is 0.375. The van der Waals surface area contributed by atoms with Crippen LogP contribution in [0.4, 0.5) is 0 Å². The molecule has 1 aromatic carbocycles. The zero-order valence-corrected chi connectivity index (χ0v) is 14.3. The first-order chi connectivity index (χ1) is 10.2. The molecule has 0 bridgehead atoms. The largest absolute Gasteiger partial charge is 0.497 e. The SMILES string of the molecule is COc1ccc(OCc2ccc(CNC3CC3)s2)c(Br)c1. The van der Waals surface area contributed by atoms with Crippen LogP contribution in [0.1, 0.15) is 22.6 Å². The molecular formula is C16H18BrNO2S. The average Bonchev–Trinajstić information content (AvgIpc) is 3.22. The quantitative estimate of drug-likeness (QED) is 0.788. The molecular weight excluding hydrogens is 350 g/mol. The highest BCUT2D eigenvalue weighted by Crippen LogP contribution is 2.30. The van der Waals surface area contributed by atoms with Crippen molar-refractivity contribution in [3.8, 4) is 11.5 Å². The molecule has 5 heteroatoms. The molecule has 1 heterocycles. The minimum Gasteiger partial charge on any atom is -0.497 e. The van der Waals surface area contributed by atoms with Crippen molar-refractivity contribution in [1.82, 2.24) is 5.32 Å². The molecule has 3 rings (SSSR count). The van der Waals surface area contributed by atoms with Gasteiger partial charge in [0.2, 0.25) is 0 Å². The molecule has 0 radical (unpaired) electrons. The van der Waals surface area contributed by atoms with E-state index in [1.165, 1.54) is 22.6 Å². The molecule has 0 amide bonds. The molecule has 0 spiro atoms. The van der Waals surface area contributed by atoms with Gasteiger partial charge in [-0.05, 0) is 59.1 Å². The summed E-state index contributed by atoms with van der Waals surface area (Å²) in [5.74, 6) is 1.65. The summed E-state index contributed by atoms with van der Waals surface area (Å²) in [4.78, 5) is 2.61. The summed E-state index contributed by atoms with van der Waals surface area (Å²) in [6.07, 6.45) is 2.65. The predicted molar refractivity (Wildman–Crippen MR) is 89.2 cm³/mol. The van der Waals surface area contributed by atoms with E-state index in [2.05, 4.69) is 33.4 Å². The lowest BCUT2D eigenvalue weighted by Gasteiger charge is -2.08. The molecule has 1 fully saturated rings. The Hall–Kier alpha value is -1.04. The van der Waals surface area contributed by atoms with Crippen molar-refractivity contribution in [2.75, 3.05) is 7.11 Å².